The average molecular weight is 251 g/mol. The van der Waals surface area contributed by atoms with Crippen LogP contribution < -0.4 is 5.32 Å². The molecule has 0 saturated heterocycles. The first-order valence-corrected chi connectivity index (χ1v) is 8.22. The molecule has 4 unspecified atom stereocenters. The summed E-state index contributed by atoms with van der Waals surface area (Å²) < 4.78 is 0. The normalized spacial score (nSPS) is 41.3. The largest absolute Gasteiger partial charge is 0.311 e. The summed E-state index contributed by atoms with van der Waals surface area (Å²) in [6.07, 6.45) is 11.3. The molecule has 1 heteroatoms. The SMILES string of the molecule is CC1CCC(NC2CCCC(C)(C)CC2)C(C)C1. The number of nitrogens with one attached hydrogen (secondary N) is 1. The fourth-order valence-corrected chi connectivity index (χ4v) is 4.04. The van der Waals surface area contributed by atoms with Crippen molar-refractivity contribution in [2.45, 2.75) is 91.1 Å². The van der Waals surface area contributed by atoms with Crippen LogP contribution >= 0.6 is 0 Å². The van der Waals surface area contributed by atoms with Crippen LogP contribution in [0.1, 0.15) is 79.1 Å². The molecule has 0 spiro atoms. The molecule has 1 N–H and O–H groups in total. The highest BCUT2D eigenvalue weighted by atomic mass is 15.0. The molecule has 4 atom stereocenters. The minimum absolute atomic E-state index is 0.586. The van der Waals surface area contributed by atoms with Gasteiger partial charge in [0, 0.05) is 12.1 Å². The topological polar surface area (TPSA) is 12.0 Å². The average Bonchev–Trinajstić information content (AvgIpc) is 2.44. The van der Waals surface area contributed by atoms with Crippen molar-refractivity contribution in [1.29, 1.82) is 0 Å². The zero-order valence-corrected chi connectivity index (χ0v) is 13.0. The third-order valence-electron chi connectivity index (χ3n) is 5.46. The Balaban J connectivity index is 1.82. The van der Waals surface area contributed by atoms with Gasteiger partial charge in [-0.15, -0.1) is 0 Å². The molecule has 2 saturated carbocycles. The third kappa shape index (κ3) is 3.98. The molecule has 0 radical (unpaired) electrons. The second-order valence-electron chi connectivity index (χ2n) is 7.96. The lowest BCUT2D eigenvalue weighted by Gasteiger charge is -2.36. The van der Waals surface area contributed by atoms with Crippen molar-refractivity contribution in [2.24, 2.45) is 17.3 Å². The van der Waals surface area contributed by atoms with Crippen molar-refractivity contribution in [2.75, 3.05) is 0 Å². The van der Waals surface area contributed by atoms with Crippen molar-refractivity contribution in [3.8, 4) is 0 Å². The van der Waals surface area contributed by atoms with E-state index < -0.39 is 0 Å². The second kappa shape index (κ2) is 5.94. The fraction of sp³-hybridized carbons (Fsp3) is 1.00. The monoisotopic (exact) mass is 251 g/mol. The van der Waals surface area contributed by atoms with E-state index in [1.165, 1.54) is 51.4 Å². The Morgan fingerprint density at radius 1 is 0.944 bits per heavy atom. The van der Waals surface area contributed by atoms with Crippen molar-refractivity contribution < 1.29 is 0 Å². The van der Waals surface area contributed by atoms with Crippen LogP contribution in [0.2, 0.25) is 0 Å². The summed E-state index contributed by atoms with van der Waals surface area (Å²) in [5.74, 6) is 1.83. The van der Waals surface area contributed by atoms with E-state index >= 15 is 0 Å². The fourth-order valence-electron chi connectivity index (χ4n) is 4.04. The molecule has 1 nitrogen and oxygen atoms in total. The molecule has 2 aliphatic carbocycles. The predicted molar refractivity (Wildman–Crippen MR) is 79.8 cm³/mol. The third-order valence-corrected chi connectivity index (χ3v) is 5.46. The van der Waals surface area contributed by atoms with Crippen LogP contribution in [0.3, 0.4) is 0 Å². The van der Waals surface area contributed by atoms with E-state index in [1.807, 2.05) is 0 Å². The van der Waals surface area contributed by atoms with E-state index in [1.54, 1.807) is 0 Å². The smallest absolute Gasteiger partial charge is 0.00954 e. The molecular weight excluding hydrogens is 218 g/mol. The van der Waals surface area contributed by atoms with Crippen molar-refractivity contribution in [1.82, 2.24) is 5.32 Å². The van der Waals surface area contributed by atoms with Gasteiger partial charge >= 0.3 is 0 Å². The first-order chi connectivity index (χ1) is 8.46. The molecule has 0 aromatic heterocycles. The predicted octanol–water partition coefficient (Wildman–Crippen LogP) is 4.76. The summed E-state index contributed by atoms with van der Waals surface area (Å²) in [4.78, 5) is 0. The van der Waals surface area contributed by atoms with Gasteiger partial charge in [0.2, 0.25) is 0 Å². The maximum Gasteiger partial charge on any atom is 0.00954 e. The number of hydrogen-bond acceptors (Lipinski definition) is 1. The Labute approximate surface area is 114 Å². The molecule has 2 rings (SSSR count). The molecule has 0 aromatic rings. The summed E-state index contributed by atoms with van der Waals surface area (Å²) in [5, 5.41) is 4.01. The Morgan fingerprint density at radius 3 is 2.44 bits per heavy atom. The second-order valence-corrected chi connectivity index (χ2v) is 7.96. The maximum atomic E-state index is 4.01. The molecular formula is C17H33N. The first kappa shape index (κ1) is 14.4. The minimum Gasteiger partial charge on any atom is -0.311 e. The molecule has 106 valence electrons. The number of hydrogen-bond donors (Lipinski definition) is 1. The van der Waals surface area contributed by atoms with Crippen LogP contribution in [0.5, 0.6) is 0 Å². The number of rotatable bonds is 2. The summed E-state index contributed by atoms with van der Waals surface area (Å²) in [6.45, 7) is 9.76. The molecule has 0 amide bonds. The summed E-state index contributed by atoms with van der Waals surface area (Å²) >= 11 is 0. The molecule has 0 aromatic carbocycles. The lowest BCUT2D eigenvalue weighted by molar-refractivity contribution is 0.206. The van der Waals surface area contributed by atoms with Crippen molar-refractivity contribution >= 4 is 0 Å². The van der Waals surface area contributed by atoms with Gasteiger partial charge in [0.15, 0.2) is 0 Å². The molecule has 0 bridgehead atoms. The van der Waals surface area contributed by atoms with Crippen molar-refractivity contribution in [3.63, 3.8) is 0 Å². The summed E-state index contributed by atoms with van der Waals surface area (Å²) in [5.41, 5.74) is 0.586. The van der Waals surface area contributed by atoms with Gasteiger partial charge < -0.3 is 5.32 Å². The summed E-state index contributed by atoms with van der Waals surface area (Å²) in [6, 6.07) is 1.60. The lowest BCUT2D eigenvalue weighted by atomic mass is 9.79. The van der Waals surface area contributed by atoms with Gasteiger partial charge in [0.25, 0.3) is 0 Å². The van der Waals surface area contributed by atoms with E-state index in [0.717, 1.165) is 23.9 Å². The standard InChI is InChI=1S/C17H33N/c1-13-7-8-16(14(2)12-13)18-15-6-5-10-17(3,4)11-9-15/h13-16,18H,5-12H2,1-4H3. The van der Waals surface area contributed by atoms with E-state index in [2.05, 4.69) is 33.0 Å². The van der Waals surface area contributed by atoms with Crippen LogP contribution in [0.4, 0.5) is 0 Å². The van der Waals surface area contributed by atoms with Crippen molar-refractivity contribution in [3.05, 3.63) is 0 Å². The molecule has 2 fully saturated rings. The minimum atomic E-state index is 0.586. The Kier molecular flexibility index (Phi) is 4.75. The van der Waals surface area contributed by atoms with E-state index in [4.69, 9.17) is 0 Å². The first-order valence-electron chi connectivity index (χ1n) is 8.22. The Bertz CT molecular complexity index is 258. The highest BCUT2D eigenvalue weighted by molar-refractivity contribution is 4.86. The van der Waals surface area contributed by atoms with Crippen LogP contribution in [0.15, 0.2) is 0 Å². The van der Waals surface area contributed by atoms with Gasteiger partial charge in [-0.2, -0.15) is 0 Å². The van der Waals surface area contributed by atoms with Gasteiger partial charge in [-0.05, 0) is 62.2 Å². The van der Waals surface area contributed by atoms with Gasteiger partial charge in [-0.3, -0.25) is 0 Å². The van der Waals surface area contributed by atoms with Crippen LogP contribution in [-0.2, 0) is 0 Å². The van der Waals surface area contributed by atoms with Crippen LogP contribution in [-0.4, -0.2) is 12.1 Å². The lowest BCUT2D eigenvalue weighted by Crippen LogP contribution is -2.44. The quantitative estimate of drug-likeness (QED) is 0.698. The van der Waals surface area contributed by atoms with E-state index in [9.17, 15) is 0 Å². The van der Waals surface area contributed by atoms with Gasteiger partial charge in [0.05, 0.1) is 0 Å². The van der Waals surface area contributed by atoms with Gasteiger partial charge in [-0.25, -0.2) is 0 Å². The molecule has 18 heavy (non-hydrogen) atoms. The molecule has 2 aliphatic rings. The van der Waals surface area contributed by atoms with Crippen LogP contribution in [0, 0.1) is 17.3 Å². The van der Waals surface area contributed by atoms with E-state index in [-0.39, 0.29) is 0 Å². The molecule has 0 aliphatic heterocycles. The zero-order valence-electron chi connectivity index (χ0n) is 13.0. The molecule has 0 heterocycles. The Hall–Kier alpha value is -0.0400. The van der Waals surface area contributed by atoms with Gasteiger partial charge in [0.1, 0.15) is 0 Å². The van der Waals surface area contributed by atoms with Crippen LogP contribution in [0.25, 0.3) is 0 Å². The summed E-state index contributed by atoms with van der Waals surface area (Å²) in [7, 11) is 0. The highest BCUT2D eigenvalue weighted by Crippen LogP contribution is 2.35. The highest BCUT2D eigenvalue weighted by Gasteiger charge is 2.29. The van der Waals surface area contributed by atoms with E-state index in [0.29, 0.717) is 5.41 Å². The zero-order chi connectivity index (χ0) is 13.2. The Morgan fingerprint density at radius 2 is 1.72 bits per heavy atom. The van der Waals surface area contributed by atoms with Gasteiger partial charge in [-0.1, -0.05) is 34.1 Å². The maximum absolute atomic E-state index is 4.01.